The van der Waals surface area contributed by atoms with Gasteiger partial charge < -0.3 is 15.3 Å². The van der Waals surface area contributed by atoms with Gasteiger partial charge in [0.05, 0.1) is 7.85 Å². The van der Waals surface area contributed by atoms with E-state index in [1.165, 1.54) is 10.1 Å². The molecule has 154 valence electrons. The Morgan fingerprint density at radius 2 is 1.07 bits per heavy atom. The van der Waals surface area contributed by atoms with E-state index in [2.05, 4.69) is 0 Å². The average molecular weight is 379 g/mol. The molecule has 0 aliphatic carbocycles. The summed E-state index contributed by atoms with van der Waals surface area (Å²) in [4.78, 5) is 14.9. The van der Waals surface area contributed by atoms with Crippen molar-refractivity contribution < 1.29 is 15.2 Å². The topological polar surface area (TPSA) is 67.2 Å². The quantitative estimate of drug-likeness (QED) is 0.737. The van der Waals surface area contributed by atoms with E-state index >= 15 is 0 Å². The lowest BCUT2D eigenvalue weighted by atomic mass is 9.74. The summed E-state index contributed by atoms with van der Waals surface area (Å²) in [5.74, 6) is -0.0546. The predicted molar refractivity (Wildman–Crippen MR) is 107 cm³/mol. The molecule has 2 radical (unpaired) electrons. The predicted octanol–water partition coefficient (Wildman–Crippen LogP) is 3.22. The molecule has 0 aromatic rings. The summed E-state index contributed by atoms with van der Waals surface area (Å²) < 4.78 is 0. The molecule has 1 amide bonds. The summed E-state index contributed by atoms with van der Waals surface area (Å²) in [5.41, 5.74) is -1.77. The lowest BCUT2D eigenvalue weighted by Crippen LogP contribution is -2.68. The van der Waals surface area contributed by atoms with Crippen molar-refractivity contribution in [1.29, 1.82) is 0 Å². The van der Waals surface area contributed by atoms with E-state index in [1.54, 1.807) is 0 Å². The fourth-order valence-electron chi connectivity index (χ4n) is 5.64. The van der Waals surface area contributed by atoms with Crippen LogP contribution in [0.15, 0.2) is 0 Å². The summed E-state index contributed by atoms with van der Waals surface area (Å²) in [5, 5.41) is 24.1. The number of hydrogen-bond acceptors (Lipinski definition) is 5. The Hall–Kier alpha value is -0.625. The Kier molecular flexibility index (Phi) is 5.88. The van der Waals surface area contributed by atoms with E-state index in [4.69, 9.17) is 7.85 Å². The van der Waals surface area contributed by atoms with E-state index in [0.29, 0.717) is 25.7 Å². The van der Waals surface area contributed by atoms with Gasteiger partial charge in [0.25, 0.3) is 0 Å². The van der Waals surface area contributed by atoms with E-state index in [9.17, 15) is 15.2 Å². The van der Waals surface area contributed by atoms with Crippen molar-refractivity contribution in [3.05, 3.63) is 0 Å². The van der Waals surface area contributed by atoms with Crippen molar-refractivity contribution in [2.75, 3.05) is 0 Å². The van der Waals surface area contributed by atoms with Gasteiger partial charge in [-0.2, -0.15) is 10.1 Å². The van der Waals surface area contributed by atoms with Crippen molar-refractivity contribution in [3.63, 3.8) is 0 Å². The molecule has 2 aliphatic heterocycles. The van der Waals surface area contributed by atoms with Crippen molar-refractivity contribution in [2.45, 2.75) is 122 Å². The average Bonchev–Trinajstić information content (AvgIpc) is 2.49. The van der Waals surface area contributed by atoms with Gasteiger partial charge >= 0.3 is 0 Å². The van der Waals surface area contributed by atoms with Crippen LogP contribution in [0.2, 0.25) is 6.32 Å². The molecule has 2 heterocycles. The molecule has 0 unspecified atom stereocenters. The number of nitrogens with zero attached hydrogens (tertiary/aromatic N) is 3. The fraction of sp³-hybridized carbons (Fsp3) is 0.950. The second-order valence-electron chi connectivity index (χ2n) is 11.0. The molecule has 0 aromatic carbocycles. The maximum atomic E-state index is 13.0. The summed E-state index contributed by atoms with van der Waals surface area (Å²) >= 11 is 0. The molecule has 0 spiro atoms. The van der Waals surface area contributed by atoms with Crippen LogP contribution in [0.5, 0.6) is 0 Å². The highest BCUT2D eigenvalue weighted by molar-refractivity contribution is 6.19. The minimum absolute atomic E-state index is 0.00343. The van der Waals surface area contributed by atoms with Crippen molar-refractivity contribution in [2.24, 2.45) is 0 Å². The fourth-order valence-corrected chi connectivity index (χ4v) is 5.64. The Balaban J connectivity index is 2.40. The molecule has 7 heteroatoms. The molecule has 2 N–H and O–H groups in total. The van der Waals surface area contributed by atoms with Crippen molar-refractivity contribution in [3.8, 4) is 0 Å². The first-order chi connectivity index (χ1) is 12.0. The number of rotatable bonds is 3. The first kappa shape index (κ1) is 22.7. The van der Waals surface area contributed by atoms with Crippen LogP contribution in [0.25, 0.3) is 0 Å². The largest absolute Gasteiger partial charge is 0.337 e. The van der Waals surface area contributed by atoms with Crippen molar-refractivity contribution >= 4 is 13.8 Å². The van der Waals surface area contributed by atoms with Gasteiger partial charge in [-0.05, 0) is 87.4 Å². The third-order valence-corrected chi connectivity index (χ3v) is 6.48. The Labute approximate surface area is 166 Å². The number of hydroxylamine groups is 4. The zero-order chi connectivity index (χ0) is 21.0. The molecule has 2 fully saturated rings. The lowest BCUT2D eigenvalue weighted by molar-refractivity contribution is -0.264. The smallest absolute Gasteiger partial charge is 0.214 e. The van der Waals surface area contributed by atoms with Gasteiger partial charge in [-0.15, -0.1) is 0 Å². The van der Waals surface area contributed by atoms with E-state index in [-0.39, 0.29) is 24.3 Å². The van der Waals surface area contributed by atoms with Gasteiger partial charge in [-0.25, -0.2) is 0 Å². The lowest BCUT2D eigenvalue weighted by Gasteiger charge is -2.58. The second kappa shape index (κ2) is 7.01. The maximum absolute atomic E-state index is 13.0. The van der Waals surface area contributed by atoms with Crippen LogP contribution in [0, 0.1) is 0 Å². The van der Waals surface area contributed by atoms with Crippen LogP contribution in [0.1, 0.15) is 81.1 Å². The van der Waals surface area contributed by atoms with Crippen molar-refractivity contribution in [1.82, 2.24) is 15.0 Å². The maximum Gasteiger partial charge on any atom is 0.214 e. The number of hydrogen-bond donors (Lipinski definition) is 2. The van der Waals surface area contributed by atoms with Crippen LogP contribution in [0.4, 0.5) is 0 Å². The van der Waals surface area contributed by atoms with Crippen LogP contribution >= 0.6 is 0 Å². The monoisotopic (exact) mass is 379 g/mol. The third-order valence-electron chi connectivity index (χ3n) is 6.48. The molecule has 6 nitrogen and oxygen atoms in total. The minimum atomic E-state index is -0.442. The molecule has 2 saturated heterocycles. The first-order valence-corrected chi connectivity index (χ1v) is 10.0. The van der Waals surface area contributed by atoms with E-state index in [0.717, 1.165) is 0 Å². The van der Waals surface area contributed by atoms with Gasteiger partial charge in [0.15, 0.2) is 0 Å². The summed E-state index contributed by atoms with van der Waals surface area (Å²) in [6, 6.07) is -0.00687. The van der Waals surface area contributed by atoms with Gasteiger partial charge in [0, 0.05) is 34.2 Å². The molecule has 27 heavy (non-hydrogen) atoms. The van der Waals surface area contributed by atoms with Crippen LogP contribution in [-0.2, 0) is 4.79 Å². The number of carbonyl (C=O) groups is 1. The molecule has 0 aromatic heterocycles. The van der Waals surface area contributed by atoms with Gasteiger partial charge in [0.2, 0.25) is 5.91 Å². The molecule has 2 rings (SSSR count). The highest BCUT2D eigenvalue weighted by Crippen LogP contribution is 2.44. The molecule has 0 bridgehead atoms. The summed E-state index contributed by atoms with van der Waals surface area (Å²) in [6.45, 7) is 16.1. The van der Waals surface area contributed by atoms with Crippen LogP contribution in [0.3, 0.4) is 0 Å². The molecule has 2 aliphatic rings. The Bertz CT molecular complexity index is 499. The second-order valence-corrected chi connectivity index (χ2v) is 11.0. The zero-order valence-electron chi connectivity index (χ0n) is 18.4. The number of carbonyl (C=O) groups excluding carboxylic acids is 1. The summed E-state index contributed by atoms with van der Waals surface area (Å²) in [6.07, 6.45) is 2.69. The summed E-state index contributed by atoms with van der Waals surface area (Å²) in [7, 11) is 5.80. The van der Waals surface area contributed by atoms with Gasteiger partial charge in [-0.1, -0.05) is 0 Å². The molecule has 0 atom stereocenters. The normalized spacial score (nSPS) is 28.8. The van der Waals surface area contributed by atoms with E-state index in [1.807, 2.05) is 60.3 Å². The standard InChI is InChI=1S/C20H38BN3O3/c1-17(2)9-14(10-18(3,4)23(17)26)22(16(25)13-21)15-11-19(5,6)24(27)20(7,8)12-15/h14-15,26-27H,9-13H2,1-8H3. The Morgan fingerprint density at radius 1 is 0.815 bits per heavy atom. The van der Waals surface area contributed by atoms with Gasteiger partial charge in [-0.3, -0.25) is 4.79 Å². The van der Waals surface area contributed by atoms with E-state index < -0.39 is 22.2 Å². The highest BCUT2D eigenvalue weighted by Gasteiger charge is 2.52. The van der Waals surface area contributed by atoms with Gasteiger partial charge in [0.1, 0.15) is 0 Å². The SMILES string of the molecule is [B]CC(=O)N(C1CC(C)(C)N(O)C(C)(C)C1)C1CC(C)(C)N(O)C(C)(C)C1. The number of amides is 1. The Morgan fingerprint density at radius 3 is 1.30 bits per heavy atom. The molecular weight excluding hydrogens is 341 g/mol. The first-order valence-electron chi connectivity index (χ1n) is 10.0. The third kappa shape index (κ3) is 4.21. The molecule has 0 saturated carbocycles. The highest BCUT2D eigenvalue weighted by atomic mass is 16.5. The number of piperidine rings is 2. The minimum Gasteiger partial charge on any atom is -0.337 e. The zero-order valence-corrected chi connectivity index (χ0v) is 18.4. The van der Waals surface area contributed by atoms with Crippen LogP contribution in [-0.4, -0.2) is 73.4 Å². The van der Waals surface area contributed by atoms with Crippen LogP contribution < -0.4 is 0 Å². The molecular formula is C20H38BN3O3.